The van der Waals surface area contributed by atoms with E-state index < -0.39 is 19.9 Å². The zero-order chi connectivity index (χ0) is 22.8. The number of rotatable bonds is 7. The van der Waals surface area contributed by atoms with Crippen molar-refractivity contribution in [3.63, 3.8) is 0 Å². The molecule has 174 valence electrons. The van der Waals surface area contributed by atoms with Crippen LogP contribution in [0, 0.1) is 5.92 Å². The number of nitrogens with zero attached hydrogens (tertiary/aromatic N) is 1. The molecule has 2 saturated heterocycles. The first kappa shape index (κ1) is 23.0. The summed E-state index contributed by atoms with van der Waals surface area (Å²) in [5.74, 6) is 0.730. The summed E-state index contributed by atoms with van der Waals surface area (Å²) in [5, 5.41) is 2.86. The van der Waals surface area contributed by atoms with E-state index in [-0.39, 0.29) is 40.8 Å². The first-order valence-corrected chi connectivity index (χ1v) is 13.9. The predicted molar refractivity (Wildman–Crippen MR) is 119 cm³/mol. The SMILES string of the molecule is O=C(Nc1ccc(S(=O)(=O)NCc2ccco2)cc1)C1CCN([C@@H]2CCS(=O)(=O)C2)CC1. The molecule has 2 aliphatic heterocycles. The molecule has 32 heavy (non-hydrogen) atoms. The Balaban J connectivity index is 1.27. The van der Waals surface area contributed by atoms with E-state index in [1.54, 1.807) is 24.3 Å². The Labute approximate surface area is 188 Å². The molecule has 11 heteroatoms. The number of nitrogens with one attached hydrogen (secondary N) is 2. The molecule has 9 nitrogen and oxygen atoms in total. The van der Waals surface area contributed by atoms with Crippen LogP contribution in [0.5, 0.6) is 0 Å². The minimum absolute atomic E-state index is 0.0549. The third-order valence-electron chi connectivity index (χ3n) is 6.07. The highest BCUT2D eigenvalue weighted by molar-refractivity contribution is 7.91. The van der Waals surface area contributed by atoms with Crippen LogP contribution in [0.4, 0.5) is 5.69 Å². The average Bonchev–Trinajstić information content (AvgIpc) is 3.42. The fourth-order valence-corrected chi connectivity index (χ4v) is 6.97. The summed E-state index contributed by atoms with van der Waals surface area (Å²) in [6, 6.07) is 9.47. The number of anilines is 1. The number of sulfonamides is 1. The Morgan fingerprint density at radius 3 is 2.41 bits per heavy atom. The molecule has 4 rings (SSSR count). The van der Waals surface area contributed by atoms with E-state index in [0.29, 0.717) is 43.8 Å². The van der Waals surface area contributed by atoms with Crippen molar-refractivity contribution in [2.75, 3.05) is 29.9 Å². The van der Waals surface area contributed by atoms with Gasteiger partial charge in [0.1, 0.15) is 5.76 Å². The number of hydrogen-bond acceptors (Lipinski definition) is 7. The van der Waals surface area contributed by atoms with Crippen molar-refractivity contribution in [3.05, 3.63) is 48.4 Å². The van der Waals surface area contributed by atoms with Crippen LogP contribution < -0.4 is 10.0 Å². The molecular weight excluding hydrogens is 454 g/mol. The lowest BCUT2D eigenvalue weighted by Crippen LogP contribution is -2.44. The predicted octanol–water partition coefficient (Wildman–Crippen LogP) is 1.60. The minimum Gasteiger partial charge on any atom is -0.468 e. The van der Waals surface area contributed by atoms with Crippen molar-refractivity contribution in [3.8, 4) is 0 Å². The Hall–Kier alpha value is -2.21. The molecule has 3 heterocycles. The first-order chi connectivity index (χ1) is 15.2. The van der Waals surface area contributed by atoms with Crippen molar-refractivity contribution in [2.24, 2.45) is 5.92 Å². The van der Waals surface area contributed by atoms with Crippen LogP contribution in [-0.2, 0) is 31.2 Å². The van der Waals surface area contributed by atoms with Crippen LogP contribution in [0.25, 0.3) is 0 Å². The highest BCUT2D eigenvalue weighted by Gasteiger charge is 2.35. The lowest BCUT2D eigenvalue weighted by atomic mass is 9.94. The summed E-state index contributed by atoms with van der Waals surface area (Å²) in [7, 11) is -6.61. The summed E-state index contributed by atoms with van der Waals surface area (Å²) in [6.07, 6.45) is 3.49. The van der Waals surface area contributed by atoms with Crippen LogP contribution >= 0.6 is 0 Å². The topological polar surface area (TPSA) is 126 Å². The molecule has 2 aliphatic rings. The van der Waals surface area contributed by atoms with Crippen molar-refractivity contribution in [1.29, 1.82) is 0 Å². The van der Waals surface area contributed by atoms with Gasteiger partial charge in [0.25, 0.3) is 0 Å². The number of likely N-dealkylation sites (tertiary alicyclic amines) is 1. The molecule has 1 aromatic heterocycles. The maximum atomic E-state index is 12.6. The molecule has 2 aromatic rings. The van der Waals surface area contributed by atoms with E-state index in [1.165, 1.54) is 18.4 Å². The summed E-state index contributed by atoms with van der Waals surface area (Å²) in [6.45, 7) is 1.47. The second-order valence-electron chi connectivity index (χ2n) is 8.28. The van der Waals surface area contributed by atoms with Gasteiger partial charge in [-0.15, -0.1) is 0 Å². The lowest BCUT2D eigenvalue weighted by molar-refractivity contribution is -0.121. The van der Waals surface area contributed by atoms with Crippen molar-refractivity contribution < 1.29 is 26.0 Å². The van der Waals surface area contributed by atoms with Gasteiger partial charge in [-0.05, 0) is 68.8 Å². The second-order valence-corrected chi connectivity index (χ2v) is 12.3. The number of furan rings is 1. The van der Waals surface area contributed by atoms with Gasteiger partial charge in [0.2, 0.25) is 15.9 Å². The van der Waals surface area contributed by atoms with Gasteiger partial charge >= 0.3 is 0 Å². The van der Waals surface area contributed by atoms with Crippen molar-refractivity contribution >= 4 is 31.5 Å². The van der Waals surface area contributed by atoms with E-state index in [2.05, 4.69) is 14.9 Å². The number of benzene rings is 1. The Morgan fingerprint density at radius 1 is 1.09 bits per heavy atom. The smallest absolute Gasteiger partial charge is 0.240 e. The number of hydrogen-bond donors (Lipinski definition) is 2. The molecule has 1 atom stereocenters. The van der Waals surface area contributed by atoms with Gasteiger partial charge in [-0.25, -0.2) is 21.6 Å². The quantitative estimate of drug-likeness (QED) is 0.615. The average molecular weight is 482 g/mol. The third kappa shape index (κ3) is 5.58. The van der Waals surface area contributed by atoms with E-state index in [1.807, 2.05) is 0 Å². The van der Waals surface area contributed by atoms with E-state index >= 15 is 0 Å². The largest absolute Gasteiger partial charge is 0.468 e. The highest BCUT2D eigenvalue weighted by atomic mass is 32.2. The molecule has 0 unspecified atom stereocenters. The molecule has 0 radical (unpaired) electrons. The molecule has 0 spiro atoms. The number of piperidine rings is 1. The molecule has 0 aliphatic carbocycles. The number of sulfone groups is 1. The summed E-state index contributed by atoms with van der Waals surface area (Å²) in [5.41, 5.74) is 0.532. The zero-order valence-electron chi connectivity index (χ0n) is 17.6. The van der Waals surface area contributed by atoms with E-state index in [9.17, 15) is 21.6 Å². The second kappa shape index (κ2) is 9.34. The maximum absolute atomic E-state index is 12.6. The maximum Gasteiger partial charge on any atom is 0.240 e. The molecule has 0 saturated carbocycles. The van der Waals surface area contributed by atoms with Gasteiger partial charge in [-0.2, -0.15) is 0 Å². The number of carbonyl (C=O) groups excluding carboxylic acids is 1. The fourth-order valence-electron chi connectivity index (χ4n) is 4.21. The highest BCUT2D eigenvalue weighted by Crippen LogP contribution is 2.25. The molecule has 1 aromatic carbocycles. The van der Waals surface area contributed by atoms with Crippen LogP contribution in [0.2, 0.25) is 0 Å². The van der Waals surface area contributed by atoms with Gasteiger partial charge in [0.05, 0.1) is 29.2 Å². The van der Waals surface area contributed by atoms with E-state index in [4.69, 9.17) is 4.42 Å². The Morgan fingerprint density at radius 2 is 1.81 bits per heavy atom. The number of carbonyl (C=O) groups is 1. The summed E-state index contributed by atoms with van der Waals surface area (Å²) < 4.78 is 55.8. The van der Waals surface area contributed by atoms with Crippen LogP contribution in [-0.4, -0.2) is 58.3 Å². The van der Waals surface area contributed by atoms with Gasteiger partial charge in [0, 0.05) is 17.6 Å². The standard InChI is InChI=1S/C21H27N3O6S2/c25-21(16-7-10-24(11-8-16)18-9-13-31(26,27)15-18)23-17-3-5-20(6-4-17)32(28,29)22-14-19-2-1-12-30-19/h1-6,12,16,18,22H,7-11,13-15H2,(H,23,25)/t18-/m1/s1. The molecular formula is C21H27N3O6S2. The van der Waals surface area contributed by atoms with Gasteiger partial charge in [-0.3, -0.25) is 9.69 Å². The minimum atomic E-state index is -3.70. The fraction of sp³-hybridized carbons (Fsp3) is 0.476. The Bertz CT molecular complexity index is 1140. The lowest BCUT2D eigenvalue weighted by Gasteiger charge is -2.34. The van der Waals surface area contributed by atoms with Gasteiger partial charge in [0.15, 0.2) is 9.84 Å². The van der Waals surface area contributed by atoms with Gasteiger partial charge in [-0.1, -0.05) is 0 Å². The normalized spacial score (nSPS) is 22.1. The van der Waals surface area contributed by atoms with Gasteiger partial charge < -0.3 is 9.73 Å². The monoisotopic (exact) mass is 481 g/mol. The zero-order valence-corrected chi connectivity index (χ0v) is 19.2. The molecule has 2 fully saturated rings. The van der Waals surface area contributed by atoms with Crippen LogP contribution in [0.15, 0.2) is 52.0 Å². The molecule has 0 bridgehead atoms. The summed E-state index contributed by atoms with van der Waals surface area (Å²) >= 11 is 0. The summed E-state index contributed by atoms with van der Waals surface area (Å²) in [4.78, 5) is 14.9. The third-order valence-corrected chi connectivity index (χ3v) is 9.24. The number of amides is 1. The van der Waals surface area contributed by atoms with Crippen molar-refractivity contribution in [2.45, 2.75) is 36.7 Å². The van der Waals surface area contributed by atoms with E-state index in [0.717, 1.165) is 0 Å². The van der Waals surface area contributed by atoms with Crippen LogP contribution in [0.3, 0.4) is 0 Å². The first-order valence-electron chi connectivity index (χ1n) is 10.6. The molecule has 2 N–H and O–H groups in total. The van der Waals surface area contributed by atoms with Crippen molar-refractivity contribution in [1.82, 2.24) is 9.62 Å². The Kier molecular flexibility index (Phi) is 6.70. The van der Waals surface area contributed by atoms with Crippen LogP contribution in [0.1, 0.15) is 25.0 Å². The molecule has 1 amide bonds.